The van der Waals surface area contributed by atoms with E-state index in [4.69, 9.17) is 12.2 Å². The molecule has 0 fully saturated rings. The van der Waals surface area contributed by atoms with Crippen LogP contribution in [0.5, 0.6) is 0 Å². The van der Waals surface area contributed by atoms with Crippen LogP contribution in [0, 0.1) is 10.6 Å². The minimum absolute atomic E-state index is 0.299. The molecule has 1 aromatic heterocycles. The molecule has 0 atom stereocenters. The highest BCUT2D eigenvalue weighted by Gasteiger charge is 2.07. The first-order chi connectivity index (χ1) is 10.2. The molecule has 0 saturated heterocycles. The van der Waals surface area contributed by atoms with E-state index in [1.807, 2.05) is 30.3 Å². The number of benzene rings is 2. The first-order valence-electron chi connectivity index (χ1n) is 6.27. The molecule has 0 bridgehead atoms. The molecule has 2 aromatic carbocycles. The van der Waals surface area contributed by atoms with Crippen molar-refractivity contribution in [3.63, 3.8) is 0 Å². The molecule has 1 N–H and O–H groups in total. The van der Waals surface area contributed by atoms with Gasteiger partial charge in [-0.05, 0) is 42.0 Å². The molecule has 0 aliphatic heterocycles. The molecular weight excluding hydrogens is 287 g/mol. The minimum atomic E-state index is -0.299. The average Bonchev–Trinajstić information content (AvgIpc) is 2.88. The van der Waals surface area contributed by atoms with Gasteiger partial charge >= 0.3 is 0 Å². The Bertz CT molecular complexity index is 819. The fourth-order valence-electron chi connectivity index (χ4n) is 1.85. The number of nitrogens with zero attached hydrogens (tertiary/aromatic N) is 3. The van der Waals surface area contributed by atoms with Crippen LogP contribution in [-0.2, 0) is 0 Å². The van der Waals surface area contributed by atoms with Crippen molar-refractivity contribution >= 4 is 18.4 Å². The Morgan fingerprint density at radius 3 is 2.52 bits per heavy atom. The molecule has 4 nitrogen and oxygen atoms in total. The van der Waals surface area contributed by atoms with Gasteiger partial charge in [-0.25, -0.2) is 9.49 Å². The van der Waals surface area contributed by atoms with Gasteiger partial charge in [-0.2, -0.15) is 14.9 Å². The fraction of sp³-hybridized carbons (Fsp3) is 0. The van der Waals surface area contributed by atoms with Crippen LogP contribution in [0.1, 0.15) is 5.56 Å². The second-order valence-electron chi connectivity index (χ2n) is 4.33. The van der Waals surface area contributed by atoms with Crippen LogP contribution in [0.3, 0.4) is 0 Å². The number of aromatic nitrogens is 3. The maximum atomic E-state index is 13.0. The van der Waals surface area contributed by atoms with Crippen molar-refractivity contribution in [2.75, 3.05) is 0 Å². The van der Waals surface area contributed by atoms with Crippen molar-refractivity contribution in [3.8, 4) is 11.4 Å². The minimum Gasteiger partial charge on any atom is -0.250 e. The van der Waals surface area contributed by atoms with Crippen molar-refractivity contribution in [2.45, 2.75) is 0 Å². The van der Waals surface area contributed by atoms with E-state index in [2.05, 4.69) is 15.3 Å². The summed E-state index contributed by atoms with van der Waals surface area (Å²) in [6.45, 7) is 0. The maximum absolute atomic E-state index is 13.0. The van der Waals surface area contributed by atoms with Gasteiger partial charge in [0, 0.05) is 5.56 Å². The topological polar surface area (TPSA) is 46.0 Å². The van der Waals surface area contributed by atoms with Crippen molar-refractivity contribution in [2.24, 2.45) is 5.10 Å². The standard InChI is InChI=1S/C15H11FN4S/c16-13-8-6-12(7-9-13)14-18-19-15(21)20(14)17-10-11-4-2-1-3-5-11/h1-10H,(H,19,21)/b17-10-. The van der Waals surface area contributed by atoms with Gasteiger partial charge in [0.05, 0.1) is 6.21 Å². The van der Waals surface area contributed by atoms with Crippen molar-refractivity contribution in [1.29, 1.82) is 0 Å². The molecule has 0 aliphatic carbocycles. The van der Waals surface area contributed by atoms with E-state index >= 15 is 0 Å². The third kappa shape index (κ3) is 2.95. The van der Waals surface area contributed by atoms with Crippen LogP contribution in [-0.4, -0.2) is 21.1 Å². The summed E-state index contributed by atoms with van der Waals surface area (Å²) in [5.41, 5.74) is 1.68. The lowest BCUT2D eigenvalue weighted by Crippen LogP contribution is -1.95. The molecule has 3 aromatic rings. The van der Waals surface area contributed by atoms with Crippen molar-refractivity contribution in [3.05, 3.63) is 70.7 Å². The molecule has 0 amide bonds. The summed E-state index contributed by atoms with van der Waals surface area (Å²) in [4.78, 5) is 0. The van der Waals surface area contributed by atoms with Crippen LogP contribution in [0.25, 0.3) is 11.4 Å². The number of nitrogens with one attached hydrogen (secondary N) is 1. The van der Waals surface area contributed by atoms with Crippen LogP contribution in [0.4, 0.5) is 4.39 Å². The molecule has 104 valence electrons. The Hall–Kier alpha value is -2.60. The summed E-state index contributed by atoms with van der Waals surface area (Å²) < 4.78 is 14.9. The first-order valence-corrected chi connectivity index (χ1v) is 6.67. The SMILES string of the molecule is Fc1ccc(-c2n[nH]c(=S)n2/N=C\c2ccccc2)cc1. The molecule has 0 radical (unpaired) electrons. The predicted octanol–water partition coefficient (Wildman–Crippen LogP) is 3.63. The molecule has 0 saturated carbocycles. The molecule has 1 heterocycles. The Kier molecular flexibility index (Phi) is 3.70. The number of halogens is 1. The van der Waals surface area contributed by atoms with Gasteiger partial charge < -0.3 is 0 Å². The fourth-order valence-corrected chi connectivity index (χ4v) is 2.03. The van der Waals surface area contributed by atoms with Gasteiger partial charge in [-0.3, -0.25) is 0 Å². The lowest BCUT2D eigenvalue weighted by Gasteiger charge is -2.00. The summed E-state index contributed by atoms with van der Waals surface area (Å²) in [7, 11) is 0. The lowest BCUT2D eigenvalue weighted by molar-refractivity contribution is 0.628. The molecule has 0 aliphatic rings. The number of hydrogen-bond acceptors (Lipinski definition) is 3. The first kappa shape index (κ1) is 13.4. The highest BCUT2D eigenvalue weighted by molar-refractivity contribution is 7.71. The Morgan fingerprint density at radius 2 is 1.81 bits per heavy atom. The van der Waals surface area contributed by atoms with E-state index in [1.165, 1.54) is 16.8 Å². The Balaban J connectivity index is 2.00. The van der Waals surface area contributed by atoms with Gasteiger partial charge in [0.15, 0.2) is 5.82 Å². The van der Waals surface area contributed by atoms with E-state index in [-0.39, 0.29) is 5.82 Å². The van der Waals surface area contributed by atoms with Gasteiger partial charge in [-0.15, -0.1) is 0 Å². The Labute approximate surface area is 125 Å². The second-order valence-corrected chi connectivity index (χ2v) is 4.71. The summed E-state index contributed by atoms with van der Waals surface area (Å²) >= 11 is 5.17. The summed E-state index contributed by atoms with van der Waals surface area (Å²) in [5.74, 6) is 0.236. The summed E-state index contributed by atoms with van der Waals surface area (Å²) in [6.07, 6.45) is 1.69. The highest BCUT2D eigenvalue weighted by atomic mass is 32.1. The molecular formula is C15H11FN4S. The van der Waals surface area contributed by atoms with Crippen LogP contribution in [0.2, 0.25) is 0 Å². The highest BCUT2D eigenvalue weighted by Crippen LogP contribution is 2.17. The third-order valence-corrected chi connectivity index (χ3v) is 3.14. The summed E-state index contributed by atoms with van der Waals surface area (Å²) in [6, 6.07) is 15.7. The zero-order chi connectivity index (χ0) is 14.7. The molecule has 3 rings (SSSR count). The third-order valence-electron chi connectivity index (χ3n) is 2.87. The molecule has 0 spiro atoms. The largest absolute Gasteiger partial charge is 0.250 e. The maximum Gasteiger partial charge on any atom is 0.216 e. The van der Waals surface area contributed by atoms with Crippen LogP contribution < -0.4 is 0 Å². The van der Waals surface area contributed by atoms with Gasteiger partial charge in [0.2, 0.25) is 4.77 Å². The Morgan fingerprint density at radius 1 is 1.10 bits per heavy atom. The van der Waals surface area contributed by atoms with E-state index < -0.39 is 0 Å². The smallest absolute Gasteiger partial charge is 0.216 e. The van der Waals surface area contributed by atoms with E-state index in [1.54, 1.807) is 18.3 Å². The monoisotopic (exact) mass is 298 g/mol. The van der Waals surface area contributed by atoms with E-state index in [9.17, 15) is 4.39 Å². The predicted molar refractivity (Wildman–Crippen MR) is 82.2 cm³/mol. The van der Waals surface area contributed by atoms with Crippen molar-refractivity contribution < 1.29 is 4.39 Å². The summed E-state index contributed by atoms with van der Waals surface area (Å²) in [5, 5.41) is 11.2. The van der Waals surface area contributed by atoms with E-state index in [0.29, 0.717) is 10.6 Å². The van der Waals surface area contributed by atoms with Gasteiger partial charge in [0.25, 0.3) is 0 Å². The average molecular weight is 298 g/mol. The molecule has 21 heavy (non-hydrogen) atoms. The zero-order valence-corrected chi connectivity index (χ0v) is 11.7. The zero-order valence-electron chi connectivity index (χ0n) is 10.9. The number of aromatic amines is 1. The van der Waals surface area contributed by atoms with Crippen molar-refractivity contribution in [1.82, 2.24) is 14.9 Å². The lowest BCUT2D eigenvalue weighted by atomic mass is 10.2. The molecule has 0 unspecified atom stereocenters. The number of H-pyrrole nitrogens is 1. The van der Waals surface area contributed by atoms with Crippen LogP contribution in [0.15, 0.2) is 59.7 Å². The number of hydrogen-bond donors (Lipinski definition) is 1. The van der Waals surface area contributed by atoms with E-state index in [0.717, 1.165) is 11.1 Å². The quantitative estimate of drug-likeness (QED) is 0.593. The second kappa shape index (κ2) is 5.80. The normalized spacial score (nSPS) is 11.1. The van der Waals surface area contributed by atoms with Gasteiger partial charge in [-0.1, -0.05) is 30.3 Å². The molecule has 6 heteroatoms. The van der Waals surface area contributed by atoms with Gasteiger partial charge in [0.1, 0.15) is 5.82 Å². The van der Waals surface area contributed by atoms with Crippen LogP contribution >= 0.6 is 12.2 Å². The number of rotatable bonds is 3.